The standard InChI is InChI=1S/C25H28ClN3O3/c1-3-14-29(25(31)27-22-12-10-20(11-13-22)24(30)32-4-2)18-23-9-6-15-28(23)17-19-7-5-8-21(26)16-19/h5-13,15-16H,3-4,14,17-18H2,1-2H3,(H,27,31). The minimum atomic E-state index is -0.376. The number of rotatable bonds is 9. The molecule has 0 fully saturated rings. The first-order chi connectivity index (χ1) is 15.5. The summed E-state index contributed by atoms with van der Waals surface area (Å²) < 4.78 is 7.11. The molecule has 1 heterocycles. The monoisotopic (exact) mass is 453 g/mol. The highest BCUT2D eigenvalue weighted by Gasteiger charge is 2.16. The summed E-state index contributed by atoms with van der Waals surface area (Å²) in [7, 11) is 0. The molecular weight excluding hydrogens is 426 g/mol. The Morgan fingerprint density at radius 2 is 1.84 bits per heavy atom. The second-order valence-electron chi connectivity index (χ2n) is 7.41. The van der Waals surface area contributed by atoms with Gasteiger partial charge in [-0.1, -0.05) is 30.7 Å². The number of anilines is 1. The van der Waals surface area contributed by atoms with Gasteiger partial charge in [-0.25, -0.2) is 9.59 Å². The van der Waals surface area contributed by atoms with Crippen LogP contribution in [0, 0.1) is 0 Å². The zero-order valence-corrected chi connectivity index (χ0v) is 19.1. The highest BCUT2D eigenvalue weighted by atomic mass is 35.5. The van der Waals surface area contributed by atoms with E-state index in [1.807, 2.05) is 49.5 Å². The number of hydrogen-bond donors (Lipinski definition) is 1. The van der Waals surface area contributed by atoms with E-state index in [9.17, 15) is 9.59 Å². The number of hydrogen-bond acceptors (Lipinski definition) is 3. The Morgan fingerprint density at radius 1 is 1.06 bits per heavy atom. The van der Waals surface area contributed by atoms with Crippen molar-refractivity contribution in [2.24, 2.45) is 0 Å². The first-order valence-corrected chi connectivity index (χ1v) is 11.1. The molecule has 0 bridgehead atoms. The molecule has 7 heteroatoms. The Labute approximate surface area is 193 Å². The SMILES string of the molecule is CCCN(Cc1cccn1Cc1cccc(Cl)c1)C(=O)Nc1ccc(C(=O)OCC)cc1. The second-order valence-corrected chi connectivity index (χ2v) is 7.84. The number of nitrogens with one attached hydrogen (secondary N) is 1. The fraction of sp³-hybridized carbons (Fsp3) is 0.280. The van der Waals surface area contributed by atoms with Crippen molar-refractivity contribution in [1.29, 1.82) is 0 Å². The van der Waals surface area contributed by atoms with Gasteiger partial charge in [-0.05, 0) is 67.4 Å². The van der Waals surface area contributed by atoms with Crippen molar-refractivity contribution in [3.05, 3.63) is 88.7 Å². The molecule has 32 heavy (non-hydrogen) atoms. The molecule has 0 atom stereocenters. The van der Waals surface area contributed by atoms with E-state index in [0.29, 0.717) is 42.5 Å². The number of aromatic nitrogens is 1. The molecule has 0 unspecified atom stereocenters. The predicted octanol–water partition coefficient (Wildman–Crippen LogP) is 5.81. The van der Waals surface area contributed by atoms with Gasteiger partial charge >= 0.3 is 12.0 Å². The van der Waals surface area contributed by atoms with Crippen LogP contribution in [0.25, 0.3) is 0 Å². The van der Waals surface area contributed by atoms with Crippen LogP contribution >= 0.6 is 11.6 Å². The summed E-state index contributed by atoms with van der Waals surface area (Å²) in [5, 5.41) is 3.63. The smallest absolute Gasteiger partial charge is 0.338 e. The molecule has 1 N–H and O–H groups in total. The van der Waals surface area contributed by atoms with Gasteiger partial charge in [0.1, 0.15) is 0 Å². The van der Waals surface area contributed by atoms with Gasteiger partial charge in [0.2, 0.25) is 0 Å². The summed E-state index contributed by atoms with van der Waals surface area (Å²) in [5.41, 5.74) is 3.21. The molecule has 0 saturated heterocycles. The van der Waals surface area contributed by atoms with Crippen LogP contribution in [0.3, 0.4) is 0 Å². The minimum absolute atomic E-state index is 0.189. The van der Waals surface area contributed by atoms with E-state index in [1.54, 1.807) is 36.1 Å². The molecule has 1 aromatic heterocycles. The number of ether oxygens (including phenoxy) is 1. The van der Waals surface area contributed by atoms with Crippen molar-refractivity contribution in [1.82, 2.24) is 9.47 Å². The van der Waals surface area contributed by atoms with Crippen molar-refractivity contribution >= 4 is 29.3 Å². The number of carbonyl (C=O) groups is 2. The third-order valence-corrected chi connectivity index (χ3v) is 5.18. The molecule has 3 rings (SSSR count). The second kappa shape index (κ2) is 11.4. The summed E-state index contributed by atoms with van der Waals surface area (Å²) in [6.07, 6.45) is 2.84. The van der Waals surface area contributed by atoms with Crippen LogP contribution < -0.4 is 5.32 Å². The van der Waals surface area contributed by atoms with E-state index in [4.69, 9.17) is 16.3 Å². The highest BCUT2D eigenvalue weighted by Crippen LogP contribution is 2.16. The number of halogens is 1. The summed E-state index contributed by atoms with van der Waals surface area (Å²) in [5.74, 6) is -0.376. The van der Waals surface area contributed by atoms with Crippen LogP contribution in [-0.2, 0) is 17.8 Å². The highest BCUT2D eigenvalue weighted by molar-refractivity contribution is 6.30. The van der Waals surface area contributed by atoms with Crippen molar-refractivity contribution < 1.29 is 14.3 Å². The van der Waals surface area contributed by atoms with Gasteiger partial charge < -0.3 is 19.5 Å². The molecule has 0 saturated carbocycles. The zero-order chi connectivity index (χ0) is 22.9. The van der Waals surface area contributed by atoms with Crippen LogP contribution in [0.15, 0.2) is 66.9 Å². The van der Waals surface area contributed by atoms with E-state index in [2.05, 4.69) is 9.88 Å². The fourth-order valence-corrected chi connectivity index (χ4v) is 3.62. The van der Waals surface area contributed by atoms with E-state index >= 15 is 0 Å². The van der Waals surface area contributed by atoms with E-state index in [1.165, 1.54) is 0 Å². The Kier molecular flexibility index (Phi) is 8.34. The average Bonchev–Trinajstić information content (AvgIpc) is 3.20. The van der Waals surface area contributed by atoms with Crippen LogP contribution in [0.1, 0.15) is 41.9 Å². The van der Waals surface area contributed by atoms with Crippen LogP contribution in [0.5, 0.6) is 0 Å². The molecule has 0 spiro atoms. The Morgan fingerprint density at radius 3 is 2.53 bits per heavy atom. The summed E-state index contributed by atoms with van der Waals surface area (Å²) in [6.45, 7) is 5.91. The number of amides is 2. The largest absolute Gasteiger partial charge is 0.462 e. The summed E-state index contributed by atoms with van der Waals surface area (Å²) in [6, 6.07) is 18.3. The first kappa shape index (κ1) is 23.4. The maximum Gasteiger partial charge on any atom is 0.338 e. The number of nitrogens with zero attached hydrogens (tertiary/aromatic N) is 2. The average molecular weight is 454 g/mol. The lowest BCUT2D eigenvalue weighted by Gasteiger charge is -2.23. The summed E-state index contributed by atoms with van der Waals surface area (Å²) in [4.78, 5) is 26.5. The third-order valence-electron chi connectivity index (χ3n) is 4.95. The lowest BCUT2D eigenvalue weighted by atomic mass is 10.2. The van der Waals surface area contributed by atoms with E-state index in [-0.39, 0.29) is 12.0 Å². The third kappa shape index (κ3) is 6.37. The van der Waals surface area contributed by atoms with E-state index < -0.39 is 0 Å². The molecule has 0 aliphatic heterocycles. The predicted molar refractivity (Wildman–Crippen MR) is 127 cm³/mol. The molecule has 0 aliphatic carbocycles. The van der Waals surface area contributed by atoms with Crippen LogP contribution in [-0.4, -0.2) is 34.6 Å². The van der Waals surface area contributed by atoms with Gasteiger partial charge in [-0.3, -0.25) is 0 Å². The van der Waals surface area contributed by atoms with Gasteiger partial charge in [-0.15, -0.1) is 0 Å². The molecule has 0 radical (unpaired) electrons. The molecular formula is C25H28ClN3O3. The van der Waals surface area contributed by atoms with Gasteiger partial charge in [-0.2, -0.15) is 0 Å². The number of benzene rings is 2. The maximum absolute atomic E-state index is 13.0. The topological polar surface area (TPSA) is 63.6 Å². The Balaban J connectivity index is 1.67. The fourth-order valence-electron chi connectivity index (χ4n) is 3.40. The van der Waals surface area contributed by atoms with Crippen molar-refractivity contribution in [2.75, 3.05) is 18.5 Å². The quantitative estimate of drug-likeness (QED) is 0.416. The normalized spacial score (nSPS) is 10.6. The maximum atomic E-state index is 13.0. The van der Waals surface area contributed by atoms with Crippen molar-refractivity contribution in [2.45, 2.75) is 33.4 Å². The first-order valence-electron chi connectivity index (χ1n) is 10.7. The lowest BCUT2D eigenvalue weighted by molar-refractivity contribution is 0.0526. The Hall–Kier alpha value is -3.25. The summed E-state index contributed by atoms with van der Waals surface area (Å²) >= 11 is 6.12. The zero-order valence-electron chi connectivity index (χ0n) is 18.4. The van der Waals surface area contributed by atoms with Crippen molar-refractivity contribution in [3.8, 4) is 0 Å². The molecule has 2 aromatic carbocycles. The molecule has 3 aromatic rings. The number of esters is 1. The van der Waals surface area contributed by atoms with Gasteiger partial charge in [0.15, 0.2) is 0 Å². The van der Waals surface area contributed by atoms with Crippen LogP contribution in [0.4, 0.5) is 10.5 Å². The van der Waals surface area contributed by atoms with E-state index in [0.717, 1.165) is 17.7 Å². The van der Waals surface area contributed by atoms with Crippen molar-refractivity contribution in [3.63, 3.8) is 0 Å². The molecule has 2 amide bonds. The Bertz CT molecular complexity index is 1050. The van der Waals surface area contributed by atoms with Gasteiger partial charge in [0.05, 0.1) is 18.7 Å². The lowest BCUT2D eigenvalue weighted by Crippen LogP contribution is -2.35. The number of carbonyl (C=O) groups excluding carboxylic acids is 2. The number of urea groups is 1. The minimum Gasteiger partial charge on any atom is -0.462 e. The van der Waals surface area contributed by atoms with Gasteiger partial charge in [0, 0.05) is 35.7 Å². The van der Waals surface area contributed by atoms with Gasteiger partial charge in [0.25, 0.3) is 0 Å². The molecule has 0 aliphatic rings. The molecule has 168 valence electrons. The van der Waals surface area contributed by atoms with Crippen LogP contribution in [0.2, 0.25) is 5.02 Å². The molecule has 6 nitrogen and oxygen atoms in total.